The SMILES string of the molecule is FC(F)(F)c1nc(NCCc2ccccc2Cl)c2cccnc2n1. The molecule has 0 atom stereocenters. The van der Waals surface area contributed by atoms with Gasteiger partial charge in [-0.3, -0.25) is 0 Å². The fourth-order valence-corrected chi connectivity index (χ4v) is 2.47. The number of anilines is 1. The molecule has 0 bridgehead atoms. The van der Waals surface area contributed by atoms with Crippen molar-refractivity contribution in [2.75, 3.05) is 11.9 Å². The number of nitrogens with zero attached hydrogens (tertiary/aromatic N) is 3. The van der Waals surface area contributed by atoms with E-state index in [0.29, 0.717) is 23.4 Å². The molecule has 2 aromatic heterocycles. The molecule has 3 rings (SSSR count). The summed E-state index contributed by atoms with van der Waals surface area (Å²) in [5.74, 6) is -1.11. The number of fused-ring (bicyclic) bond motifs is 1. The van der Waals surface area contributed by atoms with Crippen molar-refractivity contribution in [1.82, 2.24) is 15.0 Å². The van der Waals surface area contributed by atoms with Gasteiger partial charge < -0.3 is 5.32 Å². The molecule has 3 aromatic rings. The van der Waals surface area contributed by atoms with Crippen molar-refractivity contribution in [3.05, 3.63) is 59.0 Å². The smallest absolute Gasteiger partial charge is 0.369 e. The predicted octanol–water partition coefficient (Wildman–Crippen LogP) is 4.35. The third kappa shape index (κ3) is 3.56. The van der Waals surface area contributed by atoms with Gasteiger partial charge in [-0.25, -0.2) is 15.0 Å². The van der Waals surface area contributed by atoms with Crippen LogP contribution >= 0.6 is 11.6 Å². The van der Waals surface area contributed by atoms with Crippen LogP contribution in [-0.2, 0) is 12.6 Å². The number of alkyl halides is 3. The topological polar surface area (TPSA) is 50.7 Å². The van der Waals surface area contributed by atoms with Crippen molar-refractivity contribution >= 4 is 28.5 Å². The number of rotatable bonds is 4. The van der Waals surface area contributed by atoms with Crippen molar-refractivity contribution in [2.45, 2.75) is 12.6 Å². The van der Waals surface area contributed by atoms with Gasteiger partial charge in [-0.15, -0.1) is 0 Å². The predicted molar refractivity (Wildman–Crippen MR) is 86.0 cm³/mol. The third-order valence-corrected chi connectivity index (χ3v) is 3.74. The lowest BCUT2D eigenvalue weighted by molar-refractivity contribution is -0.144. The highest BCUT2D eigenvalue weighted by Gasteiger charge is 2.35. The van der Waals surface area contributed by atoms with Gasteiger partial charge in [0.2, 0.25) is 5.82 Å². The summed E-state index contributed by atoms with van der Waals surface area (Å²) in [4.78, 5) is 11.0. The lowest BCUT2D eigenvalue weighted by atomic mass is 10.1. The Bertz CT molecular complexity index is 867. The molecule has 0 aliphatic heterocycles. The molecule has 124 valence electrons. The van der Waals surface area contributed by atoms with E-state index in [1.807, 2.05) is 18.2 Å². The van der Waals surface area contributed by atoms with Crippen molar-refractivity contribution in [3.63, 3.8) is 0 Å². The van der Waals surface area contributed by atoms with Gasteiger partial charge in [0, 0.05) is 17.8 Å². The Morgan fingerprint density at radius 3 is 2.58 bits per heavy atom. The molecular formula is C16H12ClF3N4. The standard InChI is InChI=1S/C16H12ClF3N4/c17-12-6-2-1-4-10(12)7-9-22-14-11-5-3-8-21-13(11)23-15(24-14)16(18,19)20/h1-6,8H,7,9H2,(H,21,22,23,24). The number of nitrogens with one attached hydrogen (secondary N) is 1. The van der Waals surface area contributed by atoms with Crippen LogP contribution in [0.5, 0.6) is 0 Å². The minimum atomic E-state index is -4.63. The average molecular weight is 353 g/mol. The minimum absolute atomic E-state index is 0.0000634. The second-order valence-corrected chi connectivity index (χ2v) is 5.44. The van der Waals surface area contributed by atoms with Crippen molar-refractivity contribution < 1.29 is 13.2 Å². The average Bonchev–Trinajstić information content (AvgIpc) is 2.55. The Morgan fingerprint density at radius 2 is 1.83 bits per heavy atom. The second kappa shape index (κ2) is 6.60. The van der Waals surface area contributed by atoms with E-state index in [1.165, 1.54) is 6.20 Å². The molecule has 0 unspecified atom stereocenters. The highest BCUT2D eigenvalue weighted by molar-refractivity contribution is 6.31. The Hall–Kier alpha value is -2.41. The monoisotopic (exact) mass is 352 g/mol. The summed E-state index contributed by atoms with van der Waals surface area (Å²) in [5, 5.41) is 3.98. The van der Waals surface area contributed by atoms with Gasteiger partial charge in [-0.2, -0.15) is 13.2 Å². The van der Waals surface area contributed by atoms with Gasteiger partial charge in [-0.05, 0) is 30.2 Å². The summed E-state index contributed by atoms with van der Waals surface area (Å²) in [5.41, 5.74) is 0.902. The van der Waals surface area contributed by atoms with Crippen LogP contribution in [0.25, 0.3) is 11.0 Å². The lowest BCUT2D eigenvalue weighted by Crippen LogP contribution is -2.15. The zero-order valence-electron chi connectivity index (χ0n) is 12.3. The summed E-state index contributed by atoms with van der Waals surface area (Å²) in [6.45, 7) is 0.377. The van der Waals surface area contributed by atoms with Gasteiger partial charge in [0.1, 0.15) is 5.82 Å². The van der Waals surface area contributed by atoms with E-state index in [0.717, 1.165) is 5.56 Å². The lowest BCUT2D eigenvalue weighted by Gasteiger charge is -2.12. The van der Waals surface area contributed by atoms with Crippen LogP contribution < -0.4 is 5.32 Å². The molecule has 0 saturated heterocycles. The molecule has 1 N–H and O–H groups in total. The zero-order valence-corrected chi connectivity index (χ0v) is 13.1. The maximum absolute atomic E-state index is 12.9. The molecule has 0 aliphatic carbocycles. The van der Waals surface area contributed by atoms with Gasteiger partial charge in [0.25, 0.3) is 0 Å². The van der Waals surface area contributed by atoms with Crippen molar-refractivity contribution in [3.8, 4) is 0 Å². The fourth-order valence-electron chi connectivity index (χ4n) is 2.24. The molecule has 1 aromatic carbocycles. The zero-order chi connectivity index (χ0) is 17.2. The molecule has 24 heavy (non-hydrogen) atoms. The molecule has 4 nitrogen and oxygen atoms in total. The highest BCUT2D eigenvalue weighted by atomic mass is 35.5. The Balaban J connectivity index is 1.86. The Labute approximate surface area is 140 Å². The fraction of sp³-hybridized carbons (Fsp3) is 0.188. The van der Waals surface area contributed by atoms with Crippen molar-refractivity contribution in [2.24, 2.45) is 0 Å². The van der Waals surface area contributed by atoms with Crippen LogP contribution in [0.2, 0.25) is 5.02 Å². The van der Waals surface area contributed by atoms with Crippen LogP contribution in [0, 0.1) is 0 Å². The second-order valence-electron chi connectivity index (χ2n) is 5.04. The van der Waals surface area contributed by atoms with Crippen LogP contribution in [0.15, 0.2) is 42.6 Å². The number of hydrogen-bond donors (Lipinski definition) is 1. The van der Waals surface area contributed by atoms with Crippen LogP contribution in [0.4, 0.5) is 19.0 Å². The largest absolute Gasteiger partial charge is 0.451 e. The molecule has 0 aliphatic rings. The van der Waals surface area contributed by atoms with E-state index >= 15 is 0 Å². The summed E-state index contributed by atoms with van der Waals surface area (Å²) in [6.07, 6.45) is -2.69. The molecule has 0 fully saturated rings. The summed E-state index contributed by atoms with van der Waals surface area (Å²) in [6, 6.07) is 10.6. The number of hydrogen-bond acceptors (Lipinski definition) is 4. The number of halogens is 4. The minimum Gasteiger partial charge on any atom is -0.369 e. The first-order valence-corrected chi connectivity index (χ1v) is 7.50. The highest BCUT2D eigenvalue weighted by Crippen LogP contribution is 2.29. The first kappa shape index (κ1) is 16.4. The molecule has 0 amide bonds. The van der Waals surface area contributed by atoms with Crippen LogP contribution in [0.3, 0.4) is 0 Å². The molecule has 0 saturated carbocycles. The van der Waals surface area contributed by atoms with Gasteiger partial charge in [0.15, 0.2) is 5.65 Å². The van der Waals surface area contributed by atoms with Crippen LogP contribution in [-0.4, -0.2) is 21.5 Å². The maximum atomic E-state index is 12.9. The molecule has 0 spiro atoms. The Morgan fingerprint density at radius 1 is 1.04 bits per heavy atom. The van der Waals surface area contributed by atoms with Gasteiger partial charge in [-0.1, -0.05) is 29.8 Å². The first-order chi connectivity index (χ1) is 11.4. The molecule has 0 radical (unpaired) electrons. The van der Waals surface area contributed by atoms with E-state index in [9.17, 15) is 13.2 Å². The normalized spacial score (nSPS) is 11.7. The molecular weight excluding hydrogens is 341 g/mol. The van der Waals surface area contributed by atoms with E-state index in [1.54, 1.807) is 18.2 Å². The van der Waals surface area contributed by atoms with Crippen LogP contribution in [0.1, 0.15) is 11.4 Å². The Kier molecular flexibility index (Phi) is 4.53. The van der Waals surface area contributed by atoms with E-state index in [2.05, 4.69) is 20.3 Å². The van der Waals surface area contributed by atoms with Gasteiger partial charge in [0.05, 0.1) is 5.39 Å². The number of benzene rings is 1. The number of pyridine rings is 1. The van der Waals surface area contributed by atoms with E-state index in [4.69, 9.17) is 11.6 Å². The third-order valence-electron chi connectivity index (χ3n) is 3.37. The first-order valence-electron chi connectivity index (χ1n) is 7.12. The molecule has 2 heterocycles. The maximum Gasteiger partial charge on any atom is 0.451 e. The molecule has 8 heteroatoms. The quantitative estimate of drug-likeness (QED) is 0.758. The summed E-state index contributed by atoms with van der Waals surface area (Å²) in [7, 11) is 0. The number of aromatic nitrogens is 3. The van der Waals surface area contributed by atoms with E-state index < -0.39 is 12.0 Å². The van der Waals surface area contributed by atoms with E-state index in [-0.39, 0.29) is 11.5 Å². The summed E-state index contributed by atoms with van der Waals surface area (Å²) < 4.78 is 38.8. The van der Waals surface area contributed by atoms with Crippen molar-refractivity contribution in [1.29, 1.82) is 0 Å². The van der Waals surface area contributed by atoms with Gasteiger partial charge >= 0.3 is 6.18 Å². The summed E-state index contributed by atoms with van der Waals surface area (Å²) >= 11 is 6.07.